The Hall–Kier alpha value is -2.43. The minimum Gasteiger partial charge on any atom is -0.490 e. The molecule has 1 aliphatic carbocycles. The second-order valence-electron chi connectivity index (χ2n) is 6.30. The van der Waals surface area contributed by atoms with Crippen molar-refractivity contribution in [3.05, 3.63) is 47.8 Å². The van der Waals surface area contributed by atoms with Crippen molar-refractivity contribution in [2.24, 2.45) is 7.05 Å². The summed E-state index contributed by atoms with van der Waals surface area (Å²) in [6.45, 7) is 5.59. The van der Waals surface area contributed by atoms with Crippen LogP contribution >= 0.6 is 0 Å². The zero-order valence-corrected chi connectivity index (χ0v) is 15.2. The van der Waals surface area contributed by atoms with Gasteiger partial charge in [-0.15, -0.1) is 0 Å². The monoisotopic (exact) mass is 342 g/mol. The van der Waals surface area contributed by atoms with Crippen molar-refractivity contribution in [2.45, 2.75) is 39.3 Å². The summed E-state index contributed by atoms with van der Waals surface area (Å²) in [6.07, 6.45) is 4.16. The molecule has 1 saturated carbocycles. The molecule has 0 spiro atoms. The molecule has 1 fully saturated rings. The first-order valence-corrected chi connectivity index (χ1v) is 8.94. The topological polar surface area (TPSA) is 43.7 Å². The Labute approximate surface area is 149 Å². The molecule has 0 radical (unpaired) electrons. The molecule has 1 aromatic carbocycles. The van der Waals surface area contributed by atoms with Gasteiger partial charge in [0.1, 0.15) is 0 Å². The Morgan fingerprint density at radius 2 is 1.88 bits per heavy atom. The highest BCUT2D eigenvalue weighted by Crippen LogP contribution is 2.33. The second-order valence-corrected chi connectivity index (χ2v) is 6.30. The molecule has 1 heterocycles. The Morgan fingerprint density at radius 1 is 1.16 bits per heavy atom. The summed E-state index contributed by atoms with van der Waals surface area (Å²) in [5, 5.41) is 0. The summed E-state index contributed by atoms with van der Waals surface area (Å²) in [6, 6.07) is 9.87. The summed E-state index contributed by atoms with van der Waals surface area (Å²) < 4.78 is 13.3. The van der Waals surface area contributed by atoms with E-state index >= 15 is 0 Å². The molecular formula is C20H26N2O3. The Morgan fingerprint density at radius 3 is 2.48 bits per heavy atom. The zero-order valence-electron chi connectivity index (χ0n) is 15.2. The fourth-order valence-electron chi connectivity index (χ4n) is 2.94. The van der Waals surface area contributed by atoms with Crippen molar-refractivity contribution in [1.29, 1.82) is 0 Å². The van der Waals surface area contributed by atoms with Crippen molar-refractivity contribution >= 4 is 5.91 Å². The molecule has 5 heteroatoms. The van der Waals surface area contributed by atoms with Gasteiger partial charge in [0, 0.05) is 30.5 Å². The van der Waals surface area contributed by atoms with Crippen LogP contribution in [0.15, 0.2) is 36.5 Å². The van der Waals surface area contributed by atoms with E-state index in [1.165, 1.54) is 0 Å². The fourth-order valence-corrected chi connectivity index (χ4v) is 2.94. The van der Waals surface area contributed by atoms with Gasteiger partial charge in [-0.25, -0.2) is 0 Å². The molecule has 0 unspecified atom stereocenters. The molecule has 1 aliphatic rings. The van der Waals surface area contributed by atoms with Crippen LogP contribution in [0.3, 0.4) is 0 Å². The average Bonchev–Trinajstić information content (AvgIpc) is 3.37. The van der Waals surface area contributed by atoms with E-state index in [9.17, 15) is 4.79 Å². The largest absolute Gasteiger partial charge is 0.490 e. The number of rotatable bonds is 8. The third-order valence-corrected chi connectivity index (χ3v) is 4.42. The minimum atomic E-state index is 0.0488. The van der Waals surface area contributed by atoms with Crippen LogP contribution in [-0.4, -0.2) is 34.6 Å². The molecule has 2 aromatic rings. The van der Waals surface area contributed by atoms with Crippen LogP contribution < -0.4 is 9.47 Å². The van der Waals surface area contributed by atoms with E-state index in [0.717, 1.165) is 18.5 Å². The first-order chi connectivity index (χ1) is 12.1. The number of hydrogen-bond acceptors (Lipinski definition) is 3. The van der Waals surface area contributed by atoms with Crippen LogP contribution in [0.1, 0.15) is 42.7 Å². The Bertz CT molecular complexity index is 734. The zero-order chi connectivity index (χ0) is 17.8. The lowest BCUT2D eigenvalue weighted by atomic mass is 10.1. The van der Waals surface area contributed by atoms with Gasteiger partial charge in [0.05, 0.1) is 19.8 Å². The molecule has 0 atom stereocenters. The quantitative estimate of drug-likeness (QED) is 0.736. The lowest BCUT2D eigenvalue weighted by molar-refractivity contribution is 0.0726. The lowest BCUT2D eigenvalue weighted by Gasteiger charge is -2.23. The van der Waals surface area contributed by atoms with Gasteiger partial charge in [0.15, 0.2) is 11.5 Å². The minimum absolute atomic E-state index is 0.0488. The summed E-state index contributed by atoms with van der Waals surface area (Å²) in [5.41, 5.74) is 1.78. The number of carbonyl (C=O) groups excluding carboxylic acids is 1. The average molecular weight is 342 g/mol. The highest BCUT2D eigenvalue weighted by Gasteiger charge is 2.33. The highest BCUT2D eigenvalue weighted by atomic mass is 16.5. The maximum atomic E-state index is 13.1. The molecule has 25 heavy (non-hydrogen) atoms. The molecule has 5 nitrogen and oxygen atoms in total. The van der Waals surface area contributed by atoms with E-state index in [4.69, 9.17) is 9.47 Å². The first-order valence-electron chi connectivity index (χ1n) is 8.94. The van der Waals surface area contributed by atoms with Gasteiger partial charge < -0.3 is 18.9 Å². The van der Waals surface area contributed by atoms with Gasteiger partial charge in [0.25, 0.3) is 5.91 Å². The van der Waals surface area contributed by atoms with Crippen LogP contribution in [0.25, 0.3) is 0 Å². The number of benzene rings is 1. The maximum absolute atomic E-state index is 13.1. The fraction of sp³-hybridized carbons (Fsp3) is 0.450. The van der Waals surface area contributed by atoms with E-state index in [2.05, 4.69) is 10.6 Å². The standard InChI is InChI=1S/C20H26N2O3/c1-4-24-18-11-8-15(13-19(18)25-5-2)20(23)22(16-9-10-16)14-17-7-6-12-21(17)3/h6-8,11-13,16H,4-5,9-10,14H2,1-3H3. The first kappa shape index (κ1) is 17.4. The summed E-state index contributed by atoms with van der Waals surface area (Å²) in [4.78, 5) is 15.1. The molecule has 0 aliphatic heterocycles. The van der Waals surface area contributed by atoms with E-state index in [1.54, 1.807) is 6.07 Å². The number of amides is 1. The predicted octanol–water partition coefficient (Wildman–Crippen LogP) is 3.63. The van der Waals surface area contributed by atoms with Gasteiger partial charge in [0.2, 0.25) is 0 Å². The van der Waals surface area contributed by atoms with Crippen molar-refractivity contribution in [1.82, 2.24) is 9.47 Å². The van der Waals surface area contributed by atoms with Gasteiger partial charge >= 0.3 is 0 Å². The Balaban J connectivity index is 1.84. The normalized spacial score (nSPS) is 13.6. The molecule has 3 rings (SSSR count). The number of aromatic nitrogens is 1. The number of hydrogen-bond donors (Lipinski definition) is 0. The van der Waals surface area contributed by atoms with Crippen LogP contribution in [0.5, 0.6) is 11.5 Å². The van der Waals surface area contributed by atoms with Crippen molar-refractivity contribution < 1.29 is 14.3 Å². The number of aryl methyl sites for hydroxylation is 1. The van der Waals surface area contributed by atoms with Crippen molar-refractivity contribution in [2.75, 3.05) is 13.2 Å². The van der Waals surface area contributed by atoms with Crippen LogP contribution in [0, 0.1) is 0 Å². The molecule has 134 valence electrons. The third kappa shape index (κ3) is 3.98. The van der Waals surface area contributed by atoms with Gasteiger partial charge in [-0.05, 0) is 57.0 Å². The van der Waals surface area contributed by atoms with E-state index < -0.39 is 0 Å². The van der Waals surface area contributed by atoms with Gasteiger partial charge in [-0.2, -0.15) is 0 Å². The van der Waals surface area contributed by atoms with Gasteiger partial charge in [-0.3, -0.25) is 4.79 Å². The molecule has 0 bridgehead atoms. The Kier molecular flexibility index (Phi) is 5.31. The summed E-state index contributed by atoms with van der Waals surface area (Å²) in [7, 11) is 2.01. The number of ether oxygens (including phenoxy) is 2. The van der Waals surface area contributed by atoms with Crippen molar-refractivity contribution in [3.63, 3.8) is 0 Å². The maximum Gasteiger partial charge on any atom is 0.254 e. The summed E-state index contributed by atoms with van der Waals surface area (Å²) in [5.74, 6) is 1.36. The third-order valence-electron chi connectivity index (χ3n) is 4.42. The van der Waals surface area contributed by atoms with Crippen LogP contribution in [0.4, 0.5) is 0 Å². The molecular weight excluding hydrogens is 316 g/mol. The van der Waals surface area contributed by atoms with E-state index in [0.29, 0.717) is 42.9 Å². The molecule has 0 N–H and O–H groups in total. The van der Waals surface area contributed by atoms with Crippen LogP contribution in [0.2, 0.25) is 0 Å². The second kappa shape index (κ2) is 7.64. The highest BCUT2D eigenvalue weighted by molar-refractivity contribution is 5.95. The van der Waals surface area contributed by atoms with Gasteiger partial charge in [-0.1, -0.05) is 0 Å². The predicted molar refractivity (Wildman–Crippen MR) is 97.1 cm³/mol. The molecule has 1 aromatic heterocycles. The SMILES string of the molecule is CCOc1ccc(C(=O)N(Cc2cccn2C)C2CC2)cc1OCC. The van der Waals surface area contributed by atoms with E-state index in [-0.39, 0.29) is 5.91 Å². The van der Waals surface area contributed by atoms with Crippen molar-refractivity contribution in [3.8, 4) is 11.5 Å². The number of nitrogens with zero attached hydrogens (tertiary/aromatic N) is 2. The van der Waals surface area contributed by atoms with Crippen LogP contribution in [-0.2, 0) is 13.6 Å². The molecule has 0 saturated heterocycles. The summed E-state index contributed by atoms with van der Waals surface area (Å²) >= 11 is 0. The smallest absolute Gasteiger partial charge is 0.254 e. The molecule has 1 amide bonds. The van der Waals surface area contributed by atoms with E-state index in [1.807, 2.05) is 50.2 Å². The number of carbonyl (C=O) groups is 1. The lowest BCUT2D eigenvalue weighted by Crippen LogP contribution is -2.33.